The maximum Gasteiger partial charge on any atom is 0.353 e. The van der Waals surface area contributed by atoms with Gasteiger partial charge in [-0.2, -0.15) is 0 Å². The Kier molecular flexibility index (Phi) is 2.29. The van der Waals surface area contributed by atoms with E-state index in [-0.39, 0.29) is 10.6 Å². The number of benzene rings is 1. The number of carboxylic acid groups (broad SMARTS) is 1. The van der Waals surface area contributed by atoms with Crippen molar-refractivity contribution < 1.29 is 18.7 Å². The molecule has 0 aliphatic carbocycles. The van der Waals surface area contributed by atoms with Gasteiger partial charge in [0.1, 0.15) is 10.6 Å². The molecule has 0 spiro atoms. The molecule has 0 aliphatic heterocycles. The van der Waals surface area contributed by atoms with Gasteiger partial charge in [-0.05, 0) is 6.07 Å². The first kappa shape index (κ1) is 9.88. The molecule has 15 heavy (non-hydrogen) atoms. The third-order valence-electron chi connectivity index (χ3n) is 2.05. The Morgan fingerprint density at radius 3 is 2.60 bits per heavy atom. The summed E-state index contributed by atoms with van der Waals surface area (Å²) in [4.78, 5) is 13.3. The van der Waals surface area contributed by atoms with Crippen LogP contribution in [0.1, 0.15) is 10.5 Å². The number of para-hydroxylation sites is 1. The van der Waals surface area contributed by atoms with Crippen LogP contribution in [-0.2, 0) is 11.1 Å². The van der Waals surface area contributed by atoms with Gasteiger partial charge in [0.25, 0.3) is 0 Å². The fourth-order valence-corrected chi connectivity index (χ4v) is 2.13. The van der Waals surface area contributed by atoms with Crippen LogP contribution in [0.4, 0.5) is 0 Å². The Labute approximate surface area is 87.0 Å². The number of H-pyrrole nitrogens is 1. The number of aromatic carboxylic acids is 1. The zero-order valence-electron chi connectivity index (χ0n) is 7.43. The lowest BCUT2D eigenvalue weighted by molar-refractivity contribution is 0.0687. The van der Waals surface area contributed by atoms with E-state index in [1.165, 1.54) is 0 Å². The topological polar surface area (TPSA) is 90.4 Å². The average Bonchev–Trinajstić information content (AvgIpc) is 2.56. The monoisotopic (exact) mass is 225 g/mol. The first-order valence-corrected chi connectivity index (χ1v) is 5.17. The summed E-state index contributed by atoms with van der Waals surface area (Å²) in [6.07, 6.45) is 0. The predicted molar refractivity (Wildman–Crippen MR) is 54.3 cm³/mol. The highest BCUT2D eigenvalue weighted by Gasteiger charge is 2.20. The van der Waals surface area contributed by atoms with Crippen LogP contribution in [-0.4, -0.2) is 24.8 Å². The van der Waals surface area contributed by atoms with Gasteiger partial charge in [0.2, 0.25) is 0 Å². The number of hydrogen-bond donors (Lipinski definition) is 3. The third kappa shape index (κ3) is 1.53. The van der Waals surface area contributed by atoms with Crippen molar-refractivity contribution in [2.45, 2.75) is 4.90 Å². The molecule has 1 aromatic heterocycles. The van der Waals surface area contributed by atoms with E-state index in [1.54, 1.807) is 24.3 Å². The fourth-order valence-electron chi connectivity index (χ4n) is 1.45. The van der Waals surface area contributed by atoms with Gasteiger partial charge >= 0.3 is 5.97 Å². The van der Waals surface area contributed by atoms with Crippen molar-refractivity contribution in [1.29, 1.82) is 0 Å². The molecule has 2 aromatic rings. The number of rotatable bonds is 2. The lowest BCUT2D eigenvalue weighted by atomic mass is 10.2. The third-order valence-corrected chi connectivity index (χ3v) is 2.82. The second kappa shape index (κ2) is 3.48. The summed E-state index contributed by atoms with van der Waals surface area (Å²) in [6.45, 7) is 0. The van der Waals surface area contributed by atoms with Crippen LogP contribution >= 0.6 is 0 Å². The van der Waals surface area contributed by atoms with Crippen LogP contribution in [0.5, 0.6) is 0 Å². The van der Waals surface area contributed by atoms with Crippen LogP contribution in [0.2, 0.25) is 0 Å². The SMILES string of the molecule is O=C(O)c1[nH]c2ccccc2c1S(=O)O. The van der Waals surface area contributed by atoms with E-state index in [2.05, 4.69) is 4.98 Å². The predicted octanol–water partition coefficient (Wildman–Crippen LogP) is 1.45. The van der Waals surface area contributed by atoms with Crippen molar-refractivity contribution in [1.82, 2.24) is 4.98 Å². The summed E-state index contributed by atoms with van der Waals surface area (Å²) in [5.41, 5.74) is 0.296. The number of carboxylic acids is 1. The summed E-state index contributed by atoms with van der Waals surface area (Å²) < 4.78 is 20.1. The van der Waals surface area contributed by atoms with Crippen molar-refractivity contribution in [2.75, 3.05) is 0 Å². The van der Waals surface area contributed by atoms with Crippen molar-refractivity contribution >= 4 is 28.0 Å². The molecule has 0 bridgehead atoms. The maximum atomic E-state index is 11.0. The van der Waals surface area contributed by atoms with E-state index in [4.69, 9.17) is 9.66 Å². The maximum absolute atomic E-state index is 11.0. The molecule has 5 nitrogen and oxygen atoms in total. The molecule has 6 heteroatoms. The van der Waals surface area contributed by atoms with E-state index < -0.39 is 17.0 Å². The van der Waals surface area contributed by atoms with E-state index >= 15 is 0 Å². The van der Waals surface area contributed by atoms with Gasteiger partial charge in [-0.3, -0.25) is 0 Å². The number of aromatic amines is 1. The Morgan fingerprint density at radius 1 is 1.33 bits per heavy atom. The van der Waals surface area contributed by atoms with Gasteiger partial charge < -0.3 is 14.6 Å². The molecule has 1 aromatic carbocycles. The van der Waals surface area contributed by atoms with Crippen molar-refractivity contribution in [3.05, 3.63) is 30.0 Å². The molecule has 0 saturated carbocycles. The van der Waals surface area contributed by atoms with E-state index in [9.17, 15) is 9.00 Å². The molecular formula is C9H7NO4S. The molecule has 1 unspecified atom stereocenters. The fraction of sp³-hybridized carbons (Fsp3) is 0. The molecule has 0 amide bonds. The van der Waals surface area contributed by atoms with Crippen molar-refractivity contribution in [3.63, 3.8) is 0 Å². The summed E-state index contributed by atoms with van der Waals surface area (Å²) in [5, 5.41) is 9.29. The minimum absolute atomic E-state index is 0.0851. The van der Waals surface area contributed by atoms with E-state index in [0.29, 0.717) is 10.9 Å². The number of fused-ring (bicyclic) bond motifs is 1. The highest BCUT2D eigenvalue weighted by molar-refractivity contribution is 7.79. The highest BCUT2D eigenvalue weighted by atomic mass is 32.2. The Morgan fingerprint density at radius 2 is 2.00 bits per heavy atom. The minimum Gasteiger partial charge on any atom is -0.477 e. The van der Waals surface area contributed by atoms with Crippen molar-refractivity contribution in [3.8, 4) is 0 Å². The molecule has 0 radical (unpaired) electrons. The second-order valence-corrected chi connectivity index (χ2v) is 3.84. The normalized spacial score (nSPS) is 12.9. The van der Waals surface area contributed by atoms with Gasteiger partial charge in [-0.25, -0.2) is 9.00 Å². The quantitative estimate of drug-likeness (QED) is 0.674. The van der Waals surface area contributed by atoms with Gasteiger partial charge in [0.15, 0.2) is 11.1 Å². The van der Waals surface area contributed by atoms with Crippen LogP contribution in [0.3, 0.4) is 0 Å². The van der Waals surface area contributed by atoms with Crippen molar-refractivity contribution in [2.24, 2.45) is 0 Å². The number of hydrogen-bond acceptors (Lipinski definition) is 2. The zero-order chi connectivity index (χ0) is 11.0. The largest absolute Gasteiger partial charge is 0.477 e. The highest BCUT2D eigenvalue weighted by Crippen LogP contribution is 2.24. The lowest BCUT2D eigenvalue weighted by Crippen LogP contribution is -2.02. The molecule has 1 atom stereocenters. The standard InChI is InChI=1S/C9H7NO4S/c11-9(12)7-8(15(13)14)5-3-1-2-4-6(5)10-7/h1-4,10H,(H,11,12)(H,13,14). The number of aromatic nitrogens is 1. The molecule has 0 aliphatic rings. The Hall–Kier alpha value is -1.66. The molecule has 0 fully saturated rings. The first-order chi connectivity index (χ1) is 7.11. The van der Waals surface area contributed by atoms with E-state index in [0.717, 1.165) is 0 Å². The summed E-state index contributed by atoms with van der Waals surface area (Å²) in [6, 6.07) is 6.65. The molecule has 1 heterocycles. The molecule has 78 valence electrons. The van der Waals surface area contributed by atoms with Crippen LogP contribution in [0.15, 0.2) is 29.2 Å². The van der Waals surface area contributed by atoms with Crippen LogP contribution in [0.25, 0.3) is 10.9 Å². The second-order valence-electron chi connectivity index (χ2n) is 2.93. The summed E-state index contributed by atoms with van der Waals surface area (Å²) in [7, 11) is 0. The Balaban J connectivity index is 2.86. The lowest BCUT2D eigenvalue weighted by Gasteiger charge is -1.93. The van der Waals surface area contributed by atoms with Crippen LogP contribution < -0.4 is 0 Å². The molecule has 2 rings (SSSR count). The van der Waals surface area contributed by atoms with Gasteiger partial charge in [0, 0.05) is 10.9 Å². The first-order valence-electron chi connectivity index (χ1n) is 4.06. The zero-order valence-corrected chi connectivity index (χ0v) is 8.25. The van der Waals surface area contributed by atoms with Gasteiger partial charge in [0.05, 0.1) is 0 Å². The molecular weight excluding hydrogens is 218 g/mol. The average molecular weight is 225 g/mol. The summed E-state index contributed by atoms with van der Waals surface area (Å²) >= 11 is -2.32. The van der Waals surface area contributed by atoms with Gasteiger partial charge in [-0.15, -0.1) is 0 Å². The Bertz CT molecular complexity index is 560. The smallest absolute Gasteiger partial charge is 0.353 e. The number of carbonyl (C=O) groups is 1. The summed E-state index contributed by atoms with van der Waals surface area (Å²) in [5.74, 6) is -1.25. The van der Waals surface area contributed by atoms with Gasteiger partial charge in [-0.1, -0.05) is 18.2 Å². The molecule has 0 saturated heterocycles. The minimum atomic E-state index is -2.32. The molecule has 3 N–H and O–H groups in total. The van der Waals surface area contributed by atoms with E-state index in [1.807, 2.05) is 0 Å². The van der Waals surface area contributed by atoms with Crippen LogP contribution in [0, 0.1) is 0 Å². The number of nitrogens with one attached hydrogen (secondary N) is 1.